The number of thiazole rings is 1. The summed E-state index contributed by atoms with van der Waals surface area (Å²) in [5, 5.41) is -0.964. The fourth-order valence-corrected chi connectivity index (χ4v) is 1.78. The third kappa shape index (κ3) is 2.77. The SMILES string of the molecule is CCC(C)C(=O)c1cnc(C(F)(F)F)s1. The minimum atomic E-state index is -4.46. The van der Waals surface area contributed by atoms with E-state index in [-0.39, 0.29) is 16.6 Å². The van der Waals surface area contributed by atoms with Crippen LogP contribution in [0.15, 0.2) is 6.20 Å². The minimum absolute atomic E-state index is 0.0803. The Labute approximate surface area is 89.1 Å². The molecular formula is C9H10F3NOS. The lowest BCUT2D eigenvalue weighted by Gasteiger charge is -2.03. The number of hydrogen-bond donors (Lipinski definition) is 0. The van der Waals surface area contributed by atoms with Crippen molar-refractivity contribution in [2.75, 3.05) is 0 Å². The summed E-state index contributed by atoms with van der Waals surface area (Å²) in [5.74, 6) is -0.531. The summed E-state index contributed by atoms with van der Waals surface area (Å²) < 4.78 is 36.6. The van der Waals surface area contributed by atoms with Crippen LogP contribution in [0.5, 0.6) is 0 Å². The molecule has 0 aliphatic heterocycles. The summed E-state index contributed by atoms with van der Waals surface area (Å²) >= 11 is 0.406. The van der Waals surface area contributed by atoms with Gasteiger partial charge in [-0.2, -0.15) is 13.2 Å². The zero-order valence-corrected chi connectivity index (χ0v) is 9.08. The second-order valence-electron chi connectivity index (χ2n) is 3.20. The molecule has 0 aliphatic carbocycles. The van der Waals surface area contributed by atoms with Crippen molar-refractivity contribution in [3.63, 3.8) is 0 Å². The van der Waals surface area contributed by atoms with Gasteiger partial charge in [-0.05, 0) is 6.42 Å². The lowest BCUT2D eigenvalue weighted by Crippen LogP contribution is -2.08. The molecule has 0 spiro atoms. The summed E-state index contributed by atoms with van der Waals surface area (Å²) in [4.78, 5) is 14.8. The lowest BCUT2D eigenvalue weighted by molar-refractivity contribution is -0.137. The molecule has 2 nitrogen and oxygen atoms in total. The smallest absolute Gasteiger partial charge is 0.293 e. The van der Waals surface area contributed by atoms with E-state index in [4.69, 9.17) is 0 Å². The quantitative estimate of drug-likeness (QED) is 0.754. The number of hydrogen-bond acceptors (Lipinski definition) is 3. The van der Waals surface area contributed by atoms with E-state index in [1.54, 1.807) is 6.92 Å². The molecule has 0 bridgehead atoms. The highest BCUT2D eigenvalue weighted by atomic mass is 32.1. The Kier molecular flexibility index (Phi) is 3.49. The van der Waals surface area contributed by atoms with Crippen molar-refractivity contribution in [2.45, 2.75) is 26.4 Å². The van der Waals surface area contributed by atoms with E-state index >= 15 is 0 Å². The Bertz CT molecular complexity index is 358. The molecule has 6 heteroatoms. The molecule has 0 fully saturated rings. The maximum absolute atomic E-state index is 12.2. The van der Waals surface area contributed by atoms with Crippen LogP contribution in [-0.4, -0.2) is 10.8 Å². The molecule has 0 aliphatic rings. The zero-order valence-electron chi connectivity index (χ0n) is 8.26. The first-order valence-corrected chi connectivity index (χ1v) is 5.25. The molecule has 15 heavy (non-hydrogen) atoms. The average molecular weight is 237 g/mol. The molecule has 1 rings (SSSR count). The highest BCUT2D eigenvalue weighted by Gasteiger charge is 2.35. The maximum Gasteiger partial charge on any atom is 0.443 e. The van der Waals surface area contributed by atoms with Gasteiger partial charge < -0.3 is 0 Å². The second-order valence-corrected chi connectivity index (χ2v) is 4.23. The summed E-state index contributed by atoms with van der Waals surface area (Å²) in [6.45, 7) is 3.50. The number of carbonyl (C=O) groups excluding carboxylic acids is 1. The standard InChI is InChI=1S/C9H10F3NOS/c1-3-5(2)7(14)6-4-13-8(15-6)9(10,11)12/h4-5H,3H2,1-2H3. The van der Waals surface area contributed by atoms with Gasteiger partial charge in [0.15, 0.2) is 10.8 Å². The molecule has 1 unspecified atom stereocenters. The number of rotatable bonds is 3. The summed E-state index contributed by atoms with van der Waals surface area (Å²) in [5.41, 5.74) is 0. The van der Waals surface area contributed by atoms with E-state index in [1.807, 2.05) is 6.92 Å². The van der Waals surface area contributed by atoms with Gasteiger partial charge in [0.05, 0.1) is 4.88 Å². The number of Topliss-reactive ketones (excluding diaryl/α,β-unsaturated/α-hetero) is 1. The Morgan fingerprint density at radius 2 is 2.20 bits per heavy atom. The van der Waals surface area contributed by atoms with Crippen molar-refractivity contribution in [3.05, 3.63) is 16.1 Å². The number of nitrogens with zero attached hydrogens (tertiary/aromatic N) is 1. The number of halogens is 3. The molecule has 1 heterocycles. The zero-order chi connectivity index (χ0) is 11.6. The summed E-state index contributed by atoms with van der Waals surface area (Å²) in [6.07, 6.45) is -2.85. The normalized spacial score (nSPS) is 13.9. The molecule has 0 N–H and O–H groups in total. The Morgan fingerprint density at radius 1 is 1.60 bits per heavy atom. The molecule has 0 amide bonds. The lowest BCUT2D eigenvalue weighted by atomic mass is 10.0. The monoisotopic (exact) mass is 237 g/mol. The predicted octanol–water partition coefficient (Wildman–Crippen LogP) is 3.39. The minimum Gasteiger partial charge on any atom is -0.293 e. The molecule has 1 aromatic heterocycles. The topological polar surface area (TPSA) is 30.0 Å². The molecule has 1 atom stereocenters. The molecule has 0 aromatic carbocycles. The van der Waals surface area contributed by atoms with Gasteiger partial charge in [-0.25, -0.2) is 4.98 Å². The van der Waals surface area contributed by atoms with E-state index in [9.17, 15) is 18.0 Å². The fourth-order valence-electron chi connectivity index (χ4n) is 0.947. The van der Waals surface area contributed by atoms with Gasteiger partial charge in [0.2, 0.25) is 0 Å². The van der Waals surface area contributed by atoms with Crippen molar-refractivity contribution in [2.24, 2.45) is 5.92 Å². The highest BCUT2D eigenvalue weighted by Crippen LogP contribution is 2.33. The van der Waals surface area contributed by atoms with Crippen LogP contribution >= 0.6 is 11.3 Å². The van der Waals surface area contributed by atoms with Crippen LogP contribution in [0.2, 0.25) is 0 Å². The van der Waals surface area contributed by atoms with Crippen molar-refractivity contribution in [3.8, 4) is 0 Å². The van der Waals surface area contributed by atoms with Gasteiger partial charge in [0.25, 0.3) is 0 Å². The van der Waals surface area contributed by atoms with Crippen LogP contribution < -0.4 is 0 Å². The van der Waals surface area contributed by atoms with Crippen LogP contribution in [-0.2, 0) is 6.18 Å². The van der Waals surface area contributed by atoms with E-state index in [2.05, 4.69) is 4.98 Å². The summed E-state index contributed by atoms with van der Waals surface area (Å²) in [6, 6.07) is 0. The van der Waals surface area contributed by atoms with Crippen LogP contribution in [0.25, 0.3) is 0 Å². The number of aromatic nitrogens is 1. The van der Waals surface area contributed by atoms with Crippen molar-refractivity contribution in [1.82, 2.24) is 4.98 Å². The first-order chi connectivity index (χ1) is 6.86. The highest BCUT2D eigenvalue weighted by molar-refractivity contribution is 7.13. The number of ketones is 1. The third-order valence-corrected chi connectivity index (χ3v) is 3.11. The van der Waals surface area contributed by atoms with E-state index in [0.717, 1.165) is 6.20 Å². The van der Waals surface area contributed by atoms with Gasteiger partial charge in [-0.1, -0.05) is 13.8 Å². The van der Waals surface area contributed by atoms with E-state index in [0.29, 0.717) is 17.8 Å². The van der Waals surface area contributed by atoms with Crippen molar-refractivity contribution >= 4 is 17.1 Å². The van der Waals surface area contributed by atoms with Gasteiger partial charge >= 0.3 is 6.18 Å². The van der Waals surface area contributed by atoms with Crippen LogP contribution in [0.1, 0.15) is 34.9 Å². The number of alkyl halides is 3. The van der Waals surface area contributed by atoms with Crippen LogP contribution in [0, 0.1) is 5.92 Å². The van der Waals surface area contributed by atoms with E-state index < -0.39 is 11.2 Å². The van der Waals surface area contributed by atoms with Gasteiger partial charge in [0.1, 0.15) is 0 Å². The van der Waals surface area contributed by atoms with Crippen LogP contribution in [0.4, 0.5) is 13.2 Å². The van der Waals surface area contributed by atoms with E-state index in [1.165, 1.54) is 0 Å². The molecule has 0 saturated heterocycles. The molecule has 84 valence electrons. The maximum atomic E-state index is 12.2. The van der Waals surface area contributed by atoms with Gasteiger partial charge in [-0.3, -0.25) is 4.79 Å². The fraction of sp³-hybridized carbons (Fsp3) is 0.556. The second kappa shape index (κ2) is 4.30. The molecule has 0 radical (unpaired) electrons. The summed E-state index contributed by atoms with van der Waals surface area (Å²) in [7, 11) is 0. The van der Waals surface area contributed by atoms with Crippen molar-refractivity contribution < 1.29 is 18.0 Å². The largest absolute Gasteiger partial charge is 0.443 e. The van der Waals surface area contributed by atoms with Gasteiger partial charge in [-0.15, -0.1) is 11.3 Å². The predicted molar refractivity (Wildman–Crippen MR) is 50.9 cm³/mol. The molecular weight excluding hydrogens is 227 g/mol. The Balaban J connectivity index is 2.90. The Hall–Kier alpha value is -0.910. The molecule has 1 aromatic rings. The van der Waals surface area contributed by atoms with Gasteiger partial charge in [0, 0.05) is 12.1 Å². The third-order valence-electron chi connectivity index (χ3n) is 2.05. The molecule has 0 saturated carbocycles. The average Bonchev–Trinajstić information content (AvgIpc) is 2.63. The first-order valence-electron chi connectivity index (χ1n) is 4.43. The van der Waals surface area contributed by atoms with Crippen molar-refractivity contribution in [1.29, 1.82) is 0 Å². The first kappa shape index (κ1) is 12.2. The van der Waals surface area contributed by atoms with Crippen LogP contribution in [0.3, 0.4) is 0 Å². The Morgan fingerprint density at radius 3 is 2.60 bits per heavy atom. The number of carbonyl (C=O) groups is 1.